The van der Waals surface area contributed by atoms with Gasteiger partial charge in [-0.25, -0.2) is 17.7 Å². The van der Waals surface area contributed by atoms with E-state index in [1.165, 1.54) is 31.9 Å². The Morgan fingerprint density at radius 2 is 1.96 bits per heavy atom. The molecule has 0 spiro atoms. The van der Waals surface area contributed by atoms with Gasteiger partial charge in [-0.3, -0.25) is 4.79 Å². The lowest BCUT2D eigenvalue weighted by Gasteiger charge is -2.15. The number of carbonyl (C=O) groups excluding carboxylic acids is 1. The third kappa shape index (κ3) is 5.18. The quantitative estimate of drug-likeness (QED) is 0.723. The molecule has 1 heterocycles. The highest BCUT2D eigenvalue weighted by molar-refractivity contribution is 8.00. The van der Waals surface area contributed by atoms with Gasteiger partial charge in [0.2, 0.25) is 15.9 Å². The van der Waals surface area contributed by atoms with E-state index in [0.29, 0.717) is 15.6 Å². The summed E-state index contributed by atoms with van der Waals surface area (Å²) < 4.78 is 25.8. The average molecular weight is 400 g/mol. The van der Waals surface area contributed by atoms with Gasteiger partial charge in [-0.15, -0.1) is 0 Å². The molecule has 1 amide bonds. The van der Waals surface area contributed by atoms with Crippen LogP contribution in [0.2, 0.25) is 5.02 Å². The highest BCUT2D eigenvalue weighted by Crippen LogP contribution is 2.24. The zero-order valence-corrected chi connectivity index (χ0v) is 16.2. The number of nitrogens with zero attached hydrogens (tertiary/aromatic N) is 2. The molecule has 25 heavy (non-hydrogen) atoms. The van der Waals surface area contributed by atoms with Crippen LogP contribution in [0.3, 0.4) is 0 Å². The number of aromatic nitrogens is 1. The van der Waals surface area contributed by atoms with Crippen LogP contribution in [-0.2, 0) is 21.4 Å². The van der Waals surface area contributed by atoms with Crippen molar-refractivity contribution in [3.8, 4) is 0 Å². The van der Waals surface area contributed by atoms with Crippen molar-refractivity contribution in [3.05, 3.63) is 53.2 Å². The van der Waals surface area contributed by atoms with Crippen molar-refractivity contribution < 1.29 is 13.2 Å². The van der Waals surface area contributed by atoms with Crippen LogP contribution in [0.4, 0.5) is 0 Å². The molecule has 0 fully saturated rings. The fraction of sp³-hybridized carbons (Fsp3) is 0.250. The van der Waals surface area contributed by atoms with Gasteiger partial charge < -0.3 is 5.32 Å². The second-order valence-corrected chi connectivity index (χ2v) is 8.74. The molecule has 0 saturated carbocycles. The Labute approximate surface area is 156 Å². The summed E-state index contributed by atoms with van der Waals surface area (Å²) in [6.07, 6.45) is 1.61. The molecule has 0 aliphatic heterocycles. The number of rotatable bonds is 7. The number of pyridine rings is 1. The first-order chi connectivity index (χ1) is 11.8. The Morgan fingerprint density at radius 1 is 1.24 bits per heavy atom. The van der Waals surface area contributed by atoms with Crippen molar-refractivity contribution in [2.45, 2.75) is 16.5 Å². The normalized spacial score (nSPS) is 11.5. The summed E-state index contributed by atoms with van der Waals surface area (Å²) >= 11 is 7.22. The minimum absolute atomic E-state index is 0.124. The highest BCUT2D eigenvalue weighted by Gasteiger charge is 2.20. The summed E-state index contributed by atoms with van der Waals surface area (Å²) in [7, 11) is -0.627. The van der Waals surface area contributed by atoms with Gasteiger partial charge in [-0.1, -0.05) is 41.6 Å². The summed E-state index contributed by atoms with van der Waals surface area (Å²) in [5.41, 5.74) is 0.533. The lowest BCUT2D eigenvalue weighted by atomic mass is 10.2. The zero-order valence-electron chi connectivity index (χ0n) is 13.8. The van der Waals surface area contributed by atoms with E-state index in [-0.39, 0.29) is 23.1 Å². The number of benzene rings is 1. The van der Waals surface area contributed by atoms with Crippen LogP contribution in [0, 0.1) is 0 Å². The Kier molecular flexibility index (Phi) is 6.83. The number of carbonyl (C=O) groups is 1. The van der Waals surface area contributed by atoms with Gasteiger partial charge >= 0.3 is 0 Å². The van der Waals surface area contributed by atoms with Gasteiger partial charge in [0.05, 0.1) is 15.7 Å². The van der Waals surface area contributed by atoms with Crippen LogP contribution in [-0.4, -0.2) is 43.5 Å². The van der Waals surface area contributed by atoms with Crippen LogP contribution in [0.1, 0.15) is 5.56 Å². The molecular weight excluding hydrogens is 382 g/mol. The first-order valence-corrected chi connectivity index (χ1v) is 10.1. The zero-order chi connectivity index (χ0) is 18.4. The SMILES string of the molecule is CN(C)S(=O)(=O)c1ccccc1CNC(=O)CSc1ncccc1Cl. The smallest absolute Gasteiger partial charge is 0.242 e. The summed E-state index contributed by atoms with van der Waals surface area (Å²) in [4.78, 5) is 16.3. The van der Waals surface area contributed by atoms with E-state index in [1.54, 1.807) is 36.5 Å². The van der Waals surface area contributed by atoms with E-state index in [2.05, 4.69) is 10.3 Å². The predicted molar refractivity (Wildman–Crippen MR) is 99.1 cm³/mol. The van der Waals surface area contributed by atoms with Crippen LogP contribution in [0.5, 0.6) is 0 Å². The third-order valence-corrected chi connectivity index (χ3v) is 6.61. The first-order valence-electron chi connectivity index (χ1n) is 7.33. The van der Waals surface area contributed by atoms with Crippen LogP contribution in [0.25, 0.3) is 0 Å². The molecule has 0 saturated heterocycles. The molecule has 1 N–H and O–H groups in total. The topological polar surface area (TPSA) is 79.4 Å². The average Bonchev–Trinajstić information content (AvgIpc) is 2.59. The van der Waals surface area contributed by atoms with Crippen molar-refractivity contribution in [3.63, 3.8) is 0 Å². The number of hydrogen-bond acceptors (Lipinski definition) is 5. The Morgan fingerprint density at radius 3 is 2.64 bits per heavy atom. The second-order valence-electron chi connectivity index (χ2n) is 5.25. The van der Waals surface area contributed by atoms with E-state index < -0.39 is 10.0 Å². The second kappa shape index (κ2) is 8.66. The predicted octanol–water partition coefficient (Wildman–Crippen LogP) is 2.39. The molecule has 0 aliphatic carbocycles. The molecule has 1 aromatic carbocycles. The van der Waals surface area contributed by atoms with E-state index in [4.69, 9.17) is 11.6 Å². The Balaban J connectivity index is 2.00. The molecule has 1 aromatic heterocycles. The fourth-order valence-electron chi connectivity index (χ4n) is 1.95. The highest BCUT2D eigenvalue weighted by atomic mass is 35.5. The van der Waals surface area contributed by atoms with Crippen LogP contribution < -0.4 is 5.32 Å². The maximum Gasteiger partial charge on any atom is 0.242 e. The number of amides is 1. The van der Waals surface area contributed by atoms with E-state index in [0.717, 1.165) is 4.31 Å². The van der Waals surface area contributed by atoms with Gasteiger partial charge in [-0.05, 0) is 23.8 Å². The molecule has 6 nitrogen and oxygen atoms in total. The Hall–Kier alpha value is -1.61. The van der Waals surface area contributed by atoms with Crippen LogP contribution in [0.15, 0.2) is 52.5 Å². The molecule has 134 valence electrons. The van der Waals surface area contributed by atoms with Gasteiger partial charge in [0.1, 0.15) is 5.03 Å². The number of thioether (sulfide) groups is 1. The number of halogens is 1. The number of hydrogen-bond donors (Lipinski definition) is 1. The van der Waals surface area contributed by atoms with Crippen LogP contribution >= 0.6 is 23.4 Å². The van der Waals surface area contributed by atoms with Crippen molar-refractivity contribution in [2.75, 3.05) is 19.8 Å². The number of sulfonamides is 1. The monoisotopic (exact) mass is 399 g/mol. The Bertz CT molecular complexity index is 857. The minimum atomic E-state index is -3.57. The van der Waals surface area contributed by atoms with Crippen molar-refractivity contribution in [1.29, 1.82) is 0 Å². The number of nitrogens with one attached hydrogen (secondary N) is 1. The molecule has 2 aromatic rings. The molecule has 0 atom stereocenters. The van der Waals surface area contributed by atoms with E-state index in [1.807, 2.05) is 0 Å². The first kappa shape index (κ1) is 19.7. The fourth-order valence-corrected chi connectivity index (χ4v) is 4.07. The molecule has 2 rings (SSSR count). The van der Waals surface area contributed by atoms with Crippen molar-refractivity contribution in [2.24, 2.45) is 0 Å². The van der Waals surface area contributed by atoms with Crippen molar-refractivity contribution in [1.82, 2.24) is 14.6 Å². The van der Waals surface area contributed by atoms with Gasteiger partial charge in [0, 0.05) is 26.8 Å². The van der Waals surface area contributed by atoms with Gasteiger partial charge in [0.25, 0.3) is 0 Å². The molecule has 0 unspecified atom stereocenters. The molecule has 0 radical (unpaired) electrons. The van der Waals surface area contributed by atoms with Gasteiger partial charge in [0.15, 0.2) is 0 Å². The summed E-state index contributed by atoms with van der Waals surface area (Å²) in [5.74, 6) is -0.0944. The lowest BCUT2D eigenvalue weighted by Crippen LogP contribution is -2.28. The van der Waals surface area contributed by atoms with E-state index >= 15 is 0 Å². The largest absolute Gasteiger partial charge is 0.351 e. The molecule has 9 heteroatoms. The summed E-state index contributed by atoms with van der Waals surface area (Å²) in [6.45, 7) is 0.124. The molecule has 0 aliphatic rings. The van der Waals surface area contributed by atoms with Crippen molar-refractivity contribution >= 4 is 39.3 Å². The minimum Gasteiger partial charge on any atom is -0.351 e. The van der Waals surface area contributed by atoms with E-state index in [9.17, 15) is 13.2 Å². The molecule has 0 bridgehead atoms. The maximum absolute atomic E-state index is 12.3. The summed E-state index contributed by atoms with van der Waals surface area (Å²) in [6, 6.07) is 10.0. The van der Waals surface area contributed by atoms with Gasteiger partial charge in [-0.2, -0.15) is 0 Å². The summed E-state index contributed by atoms with van der Waals surface area (Å²) in [5, 5.41) is 3.79. The molecular formula is C16H18ClN3O3S2. The maximum atomic E-state index is 12.3. The third-order valence-electron chi connectivity index (χ3n) is 3.27. The standard InChI is InChI=1S/C16H18ClN3O3S2/c1-20(2)25(22,23)14-8-4-3-6-12(14)10-19-15(21)11-24-16-13(17)7-5-9-18-16/h3-9H,10-11H2,1-2H3,(H,19,21). The lowest BCUT2D eigenvalue weighted by molar-refractivity contribution is -0.118.